The van der Waals surface area contributed by atoms with Crippen molar-refractivity contribution in [3.8, 4) is 0 Å². The molecular weight excluding hydrogens is 156 g/mol. The van der Waals surface area contributed by atoms with Gasteiger partial charge in [-0.3, -0.25) is 4.79 Å². The standard InChI is InChI=1S/C8H14N2O2/c1-2-3-6-4-10-5-8(6,9)7(11)12/h2,6,10H,1,3-5,9H2,(H,11,12)/t6-,8-/m0/s1. The van der Waals surface area contributed by atoms with Gasteiger partial charge in [-0.2, -0.15) is 0 Å². The quantitative estimate of drug-likeness (QED) is 0.502. The summed E-state index contributed by atoms with van der Waals surface area (Å²) in [7, 11) is 0. The van der Waals surface area contributed by atoms with Crippen LogP contribution in [0, 0.1) is 5.92 Å². The molecule has 0 aliphatic carbocycles. The number of carboxylic acid groups (broad SMARTS) is 1. The van der Waals surface area contributed by atoms with E-state index in [0.29, 0.717) is 19.5 Å². The first-order valence-electron chi connectivity index (χ1n) is 3.95. The van der Waals surface area contributed by atoms with Gasteiger partial charge in [-0.05, 0) is 6.42 Å². The van der Waals surface area contributed by atoms with Crippen LogP contribution in [-0.2, 0) is 4.79 Å². The molecule has 2 atom stereocenters. The zero-order chi connectivity index (χ0) is 9.19. The topological polar surface area (TPSA) is 75.3 Å². The van der Waals surface area contributed by atoms with Gasteiger partial charge in [-0.25, -0.2) is 0 Å². The monoisotopic (exact) mass is 170 g/mol. The Morgan fingerprint density at radius 3 is 3.08 bits per heavy atom. The van der Waals surface area contributed by atoms with E-state index in [-0.39, 0.29) is 5.92 Å². The van der Waals surface area contributed by atoms with Gasteiger partial charge < -0.3 is 16.2 Å². The Balaban J connectivity index is 2.73. The lowest BCUT2D eigenvalue weighted by atomic mass is 9.86. The molecule has 0 aromatic rings. The highest BCUT2D eigenvalue weighted by Crippen LogP contribution is 2.22. The summed E-state index contributed by atoms with van der Waals surface area (Å²) < 4.78 is 0. The van der Waals surface area contributed by atoms with Gasteiger partial charge in [0.1, 0.15) is 5.54 Å². The predicted molar refractivity (Wildman–Crippen MR) is 45.7 cm³/mol. The molecule has 0 spiro atoms. The molecule has 0 amide bonds. The van der Waals surface area contributed by atoms with Crippen LogP contribution in [0.4, 0.5) is 0 Å². The zero-order valence-electron chi connectivity index (χ0n) is 6.92. The lowest BCUT2D eigenvalue weighted by molar-refractivity contribution is -0.144. The van der Waals surface area contributed by atoms with E-state index in [1.807, 2.05) is 0 Å². The minimum Gasteiger partial charge on any atom is -0.480 e. The van der Waals surface area contributed by atoms with Crippen LogP contribution < -0.4 is 11.1 Å². The number of carboxylic acids is 1. The fraction of sp³-hybridized carbons (Fsp3) is 0.625. The second kappa shape index (κ2) is 3.25. The van der Waals surface area contributed by atoms with Gasteiger partial charge in [0.2, 0.25) is 0 Å². The van der Waals surface area contributed by atoms with Crippen LogP contribution >= 0.6 is 0 Å². The van der Waals surface area contributed by atoms with E-state index in [1.54, 1.807) is 6.08 Å². The molecule has 4 heteroatoms. The van der Waals surface area contributed by atoms with E-state index in [9.17, 15) is 4.79 Å². The van der Waals surface area contributed by atoms with Gasteiger partial charge in [0.15, 0.2) is 0 Å². The fourth-order valence-electron chi connectivity index (χ4n) is 1.52. The molecule has 68 valence electrons. The molecule has 1 saturated heterocycles. The molecule has 1 aliphatic heterocycles. The molecule has 12 heavy (non-hydrogen) atoms. The van der Waals surface area contributed by atoms with Crippen LogP contribution in [0.25, 0.3) is 0 Å². The maximum Gasteiger partial charge on any atom is 0.325 e. The van der Waals surface area contributed by atoms with Gasteiger partial charge in [0.25, 0.3) is 0 Å². The minimum atomic E-state index is -1.10. The Kier molecular flexibility index (Phi) is 2.49. The van der Waals surface area contributed by atoms with Crippen molar-refractivity contribution in [2.24, 2.45) is 11.7 Å². The molecule has 0 aromatic carbocycles. The molecule has 0 aromatic heterocycles. The summed E-state index contributed by atoms with van der Waals surface area (Å²) in [5.41, 5.74) is 4.62. The number of hydrogen-bond acceptors (Lipinski definition) is 3. The summed E-state index contributed by atoms with van der Waals surface area (Å²) in [5, 5.41) is 11.8. The maximum absolute atomic E-state index is 10.8. The average Bonchev–Trinajstić information content (AvgIpc) is 2.35. The summed E-state index contributed by atoms with van der Waals surface area (Å²) >= 11 is 0. The molecule has 0 unspecified atom stereocenters. The number of nitrogens with one attached hydrogen (secondary N) is 1. The van der Waals surface area contributed by atoms with E-state index >= 15 is 0 Å². The van der Waals surface area contributed by atoms with Gasteiger partial charge >= 0.3 is 5.97 Å². The molecule has 0 bridgehead atoms. The van der Waals surface area contributed by atoms with Crippen molar-refractivity contribution in [1.29, 1.82) is 0 Å². The SMILES string of the molecule is C=CC[C@H]1CNC[C@@]1(N)C(=O)O. The number of carbonyl (C=O) groups is 1. The van der Waals surface area contributed by atoms with Gasteiger partial charge in [0, 0.05) is 19.0 Å². The highest BCUT2D eigenvalue weighted by atomic mass is 16.4. The lowest BCUT2D eigenvalue weighted by Gasteiger charge is -2.24. The van der Waals surface area contributed by atoms with Crippen LogP contribution in [0.2, 0.25) is 0 Å². The molecule has 0 saturated carbocycles. The third-order valence-electron chi connectivity index (χ3n) is 2.39. The summed E-state index contributed by atoms with van der Waals surface area (Å²) in [6, 6.07) is 0. The molecule has 1 rings (SSSR count). The van der Waals surface area contributed by atoms with Crippen LogP contribution in [-0.4, -0.2) is 29.7 Å². The van der Waals surface area contributed by atoms with E-state index < -0.39 is 11.5 Å². The van der Waals surface area contributed by atoms with Crippen LogP contribution in [0.15, 0.2) is 12.7 Å². The number of hydrogen-bond donors (Lipinski definition) is 3. The number of aliphatic carboxylic acids is 1. The van der Waals surface area contributed by atoms with E-state index in [4.69, 9.17) is 10.8 Å². The summed E-state index contributed by atoms with van der Waals surface area (Å²) in [6.45, 7) is 4.58. The first-order chi connectivity index (χ1) is 5.61. The molecule has 1 aliphatic rings. The highest BCUT2D eigenvalue weighted by molar-refractivity contribution is 5.80. The molecule has 1 heterocycles. The van der Waals surface area contributed by atoms with Crippen LogP contribution in [0.5, 0.6) is 0 Å². The maximum atomic E-state index is 10.8. The van der Waals surface area contributed by atoms with E-state index in [2.05, 4.69) is 11.9 Å². The largest absolute Gasteiger partial charge is 0.480 e. The third kappa shape index (κ3) is 1.35. The molecule has 4 nitrogen and oxygen atoms in total. The van der Waals surface area contributed by atoms with Crippen molar-refractivity contribution >= 4 is 5.97 Å². The Labute approximate surface area is 71.4 Å². The van der Waals surface area contributed by atoms with Gasteiger partial charge in [-0.15, -0.1) is 6.58 Å². The van der Waals surface area contributed by atoms with Crippen LogP contribution in [0.3, 0.4) is 0 Å². The predicted octanol–water partition coefficient (Wildman–Crippen LogP) is -0.436. The normalized spacial score (nSPS) is 34.9. The second-order valence-electron chi connectivity index (χ2n) is 3.20. The Bertz CT molecular complexity index is 205. The van der Waals surface area contributed by atoms with Crippen molar-refractivity contribution in [3.63, 3.8) is 0 Å². The van der Waals surface area contributed by atoms with Crippen molar-refractivity contribution in [3.05, 3.63) is 12.7 Å². The average molecular weight is 170 g/mol. The number of allylic oxidation sites excluding steroid dienone is 1. The second-order valence-corrected chi connectivity index (χ2v) is 3.20. The molecular formula is C8H14N2O2. The van der Waals surface area contributed by atoms with Crippen molar-refractivity contribution in [2.75, 3.05) is 13.1 Å². The fourth-order valence-corrected chi connectivity index (χ4v) is 1.52. The first kappa shape index (κ1) is 9.22. The Morgan fingerprint density at radius 2 is 2.58 bits per heavy atom. The molecule has 1 fully saturated rings. The molecule has 0 radical (unpaired) electrons. The molecule has 4 N–H and O–H groups in total. The summed E-state index contributed by atoms with van der Waals surface area (Å²) in [5.74, 6) is -0.966. The minimum absolute atomic E-state index is 0.0347. The van der Waals surface area contributed by atoms with E-state index in [0.717, 1.165) is 0 Å². The number of rotatable bonds is 3. The van der Waals surface area contributed by atoms with Gasteiger partial charge in [-0.1, -0.05) is 6.08 Å². The smallest absolute Gasteiger partial charge is 0.325 e. The van der Waals surface area contributed by atoms with Crippen molar-refractivity contribution in [2.45, 2.75) is 12.0 Å². The van der Waals surface area contributed by atoms with E-state index in [1.165, 1.54) is 0 Å². The van der Waals surface area contributed by atoms with Crippen molar-refractivity contribution < 1.29 is 9.90 Å². The first-order valence-corrected chi connectivity index (χ1v) is 3.95. The third-order valence-corrected chi connectivity index (χ3v) is 2.39. The van der Waals surface area contributed by atoms with Crippen LogP contribution in [0.1, 0.15) is 6.42 Å². The Hall–Kier alpha value is -0.870. The highest BCUT2D eigenvalue weighted by Gasteiger charge is 2.45. The zero-order valence-corrected chi connectivity index (χ0v) is 6.92. The van der Waals surface area contributed by atoms with Gasteiger partial charge in [0.05, 0.1) is 0 Å². The summed E-state index contributed by atoms with van der Waals surface area (Å²) in [6.07, 6.45) is 2.36. The lowest BCUT2D eigenvalue weighted by Crippen LogP contribution is -2.54. The Morgan fingerprint density at radius 1 is 1.92 bits per heavy atom. The van der Waals surface area contributed by atoms with Crippen molar-refractivity contribution in [1.82, 2.24) is 5.32 Å². The number of nitrogens with two attached hydrogens (primary N) is 1. The summed E-state index contributed by atoms with van der Waals surface area (Å²) in [4.78, 5) is 10.8.